The number of amides is 1. The number of ether oxygens (including phenoxy) is 1. The van der Waals surface area contributed by atoms with Crippen molar-refractivity contribution < 1.29 is 14.1 Å². The number of aryl methyl sites for hydroxylation is 5. The first-order valence-electron chi connectivity index (χ1n) is 9.20. The summed E-state index contributed by atoms with van der Waals surface area (Å²) in [6.45, 7) is 10.4. The molecule has 0 unspecified atom stereocenters. The van der Waals surface area contributed by atoms with E-state index < -0.39 is 0 Å². The van der Waals surface area contributed by atoms with Crippen LogP contribution in [-0.4, -0.2) is 20.8 Å². The summed E-state index contributed by atoms with van der Waals surface area (Å²) in [5.41, 5.74) is 6.18. The Kier molecular flexibility index (Phi) is 5.53. The fraction of sp³-hybridized carbons (Fsp3) is 0.381. The summed E-state index contributed by atoms with van der Waals surface area (Å²) in [5, 5.41) is 11.2. The molecule has 7 heteroatoms. The molecule has 1 amide bonds. The molecule has 0 saturated heterocycles. The van der Waals surface area contributed by atoms with Gasteiger partial charge in [0.15, 0.2) is 5.69 Å². The van der Waals surface area contributed by atoms with Crippen LogP contribution in [0.2, 0.25) is 0 Å². The maximum absolute atomic E-state index is 12.7. The van der Waals surface area contributed by atoms with Crippen LogP contribution in [-0.2, 0) is 20.2 Å². The third-order valence-electron chi connectivity index (χ3n) is 5.15. The number of benzene rings is 1. The van der Waals surface area contributed by atoms with E-state index in [4.69, 9.17) is 9.26 Å². The lowest BCUT2D eigenvalue weighted by Gasteiger charge is -2.09. The lowest BCUT2D eigenvalue weighted by atomic mass is 10.1. The molecule has 3 aromatic rings. The van der Waals surface area contributed by atoms with E-state index >= 15 is 0 Å². The van der Waals surface area contributed by atoms with Crippen LogP contribution >= 0.6 is 0 Å². The summed E-state index contributed by atoms with van der Waals surface area (Å²) >= 11 is 0. The van der Waals surface area contributed by atoms with Crippen LogP contribution in [0.15, 0.2) is 22.7 Å². The lowest BCUT2D eigenvalue weighted by Crippen LogP contribution is -2.25. The summed E-state index contributed by atoms with van der Waals surface area (Å²) in [6, 6.07) is 5.90. The molecule has 0 aliphatic heterocycles. The third kappa shape index (κ3) is 3.93. The van der Waals surface area contributed by atoms with Crippen LogP contribution in [0.4, 0.5) is 0 Å². The minimum absolute atomic E-state index is 0.214. The van der Waals surface area contributed by atoms with Crippen molar-refractivity contribution in [3.63, 3.8) is 0 Å². The second-order valence-electron chi connectivity index (χ2n) is 7.06. The van der Waals surface area contributed by atoms with E-state index in [0.29, 0.717) is 17.9 Å². The topological polar surface area (TPSA) is 82.2 Å². The zero-order chi connectivity index (χ0) is 20.4. The number of hydrogen-bond acceptors (Lipinski definition) is 5. The molecule has 148 valence electrons. The highest BCUT2D eigenvalue weighted by molar-refractivity contribution is 5.93. The van der Waals surface area contributed by atoms with Gasteiger partial charge in [0.1, 0.15) is 18.1 Å². The molecule has 1 aromatic carbocycles. The first-order chi connectivity index (χ1) is 13.3. The predicted octanol–water partition coefficient (Wildman–Crippen LogP) is 3.46. The second-order valence-corrected chi connectivity index (χ2v) is 7.06. The average molecular weight is 382 g/mol. The molecule has 0 aliphatic carbocycles. The molecule has 2 aromatic heterocycles. The molecule has 7 nitrogen and oxygen atoms in total. The zero-order valence-electron chi connectivity index (χ0n) is 17.2. The minimum atomic E-state index is -0.293. The molecule has 0 saturated carbocycles. The van der Waals surface area contributed by atoms with Gasteiger partial charge in [0.25, 0.3) is 5.91 Å². The van der Waals surface area contributed by atoms with E-state index in [1.807, 2.05) is 46.0 Å². The molecular formula is C21H26N4O3. The quantitative estimate of drug-likeness (QED) is 0.706. The van der Waals surface area contributed by atoms with E-state index in [0.717, 1.165) is 28.3 Å². The highest BCUT2D eigenvalue weighted by atomic mass is 16.5. The predicted molar refractivity (Wildman–Crippen MR) is 105 cm³/mol. The number of nitrogens with one attached hydrogen (secondary N) is 1. The monoisotopic (exact) mass is 382 g/mol. The Morgan fingerprint density at radius 3 is 2.54 bits per heavy atom. The molecular weight excluding hydrogens is 356 g/mol. The van der Waals surface area contributed by atoms with Gasteiger partial charge < -0.3 is 14.6 Å². The van der Waals surface area contributed by atoms with Gasteiger partial charge in [-0.15, -0.1) is 0 Å². The maximum atomic E-state index is 12.7. The summed E-state index contributed by atoms with van der Waals surface area (Å²) in [6.07, 6.45) is 0. The van der Waals surface area contributed by atoms with Gasteiger partial charge in [-0.1, -0.05) is 11.2 Å². The van der Waals surface area contributed by atoms with Crippen molar-refractivity contribution in [3.05, 3.63) is 63.3 Å². The van der Waals surface area contributed by atoms with Crippen molar-refractivity contribution in [1.82, 2.24) is 20.3 Å². The van der Waals surface area contributed by atoms with Crippen LogP contribution < -0.4 is 10.1 Å². The largest absolute Gasteiger partial charge is 0.489 e. The van der Waals surface area contributed by atoms with E-state index in [9.17, 15) is 4.79 Å². The third-order valence-corrected chi connectivity index (χ3v) is 5.15. The molecule has 28 heavy (non-hydrogen) atoms. The summed E-state index contributed by atoms with van der Waals surface area (Å²) < 4.78 is 12.9. The van der Waals surface area contributed by atoms with E-state index in [-0.39, 0.29) is 18.2 Å². The first kappa shape index (κ1) is 19.7. The van der Waals surface area contributed by atoms with Gasteiger partial charge in [0.05, 0.1) is 11.3 Å². The van der Waals surface area contributed by atoms with Gasteiger partial charge >= 0.3 is 0 Å². The SMILES string of the molecule is Cc1ccc(OCc2c(C(=O)NCc3c(C)nn(C)c3C)noc2C)cc1C. The minimum Gasteiger partial charge on any atom is -0.489 e. The van der Waals surface area contributed by atoms with Crippen molar-refractivity contribution in [1.29, 1.82) is 0 Å². The molecule has 3 rings (SSSR count). The number of hydrogen-bond donors (Lipinski definition) is 1. The van der Waals surface area contributed by atoms with Crippen LogP contribution in [0.3, 0.4) is 0 Å². The Balaban J connectivity index is 1.70. The van der Waals surface area contributed by atoms with Gasteiger partial charge in [0.2, 0.25) is 0 Å². The number of carbonyl (C=O) groups excluding carboxylic acids is 1. The first-order valence-corrected chi connectivity index (χ1v) is 9.20. The number of aromatic nitrogens is 3. The van der Waals surface area contributed by atoms with Crippen molar-refractivity contribution >= 4 is 5.91 Å². The summed E-state index contributed by atoms with van der Waals surface area (Å²) in [5.74, 6) is 1.03. The number of carbonyl (C=O) groups is 1. The van der Waals surface area contributed by atoms with Crippen molar-refractivity contribution in [2.45, 2.75) is 47.8 Å². The Labute approximate surface area is 164 Å². The molecule has 0 atom stereocenters. The second kappa shape index (κ2) is 7.88. The molecule has 0 radical (unpaired) electrons. The Morgan fingerprint density at radius 2 is 1.89 bits per heavy atom. The fourth-order valence-corrected chi connectivity index (χ4v) is 3.02. The van der Waals surface area contributed by atoms with Gasteiger partial charge in [-0.25, -0.2) is 0 Å². The highest BCUT2D eigenvalue weighted by Gasteiger charge is 2.21. The summed E-state index contributed by atoms with van der Waals surface area (Å²) in [4.78, 5) is 12.7. The van der Waals surface area contributed by atoms with E-state index in [2.05, 4.69) is 22.5 Å². The van der Waals surface area contributed by atoms with E-state index in [1.54, 1.807) is 11.6 Å². The molecule has 1 N–H and O–H groups in total. The molecule has 0 aliphatic rings. The maximum Gasteiger partial charge on any atom is 0.274 e. The van der Waals surface area contributed by atoms with Gasteiger partial charge in [-0.3, -0.25) is 9.48 Å². The Bertz CT molecular complexity index is 1020. The van der Waals surface area contributed by atoms with Crippen LogP contribution in [0, 0.1) is 34.6 Å². The molecule has 0 bridgehead atoms. The molecule has 0 spiro atoms. The standard InChI is InChI=1S/C21H26N4O3/c1-12-7-8-17(9-13(12)2)27-11-19-16(5)28-24-20(19)21(26)22-10-18-14(3)23-25(6)15(18)4/h7-9H,10-11H2,1-6H3,(H,22,26). The molecule has 0 fully saturated rings. The van der Waals surface area contributed by atoms with Crippen LogP contribution in [0.1, 0.15) is 49.9 Å². The van der Waals surface area contributed by atoms with Crippen molar-refractivity contribution in [2.75, 3.05) is 0 Å². The lowest BCUT2D eigenvalue weighted by molar-refractivity contribution is 0.0939. The number of rotatable bonds is 6. The average Bonchev–Trinajstić information content (AvgIpc) is 3.13. The van der Waals surface area contributed by atoms with Gasteiger partial charge in [-0.05, 0) is 57.9 Å². The van der Waals surface area contributed by atoms with Crippen LogP contribution in [0.25, 0.3) is 0 Å². The summed E-state index contributed by atoms with van der Waals surface area (Å²) in [7, 11) is 1.89. The smallest absolute Gasteiger partial charge is 0.274 e. The van der Waals surface area contributed by atoms with Gasteiger partial charge in [-0.2, -0.15) is 5.10 Å². The number of nitrogens with zero attached hydrogens (tertiary/aromatic N) is 3. The van der Waals surface area contributed by atoms with Crippen LogP contribution in [0.5, 0.6) is 5.75 Å². The normalized spacial score (nSPS) is 10.9. The Hall–Kier alpha value is -3.09. The highest BCUT2D eigenvalue weighted by Crippen LogP contribution is 2.21. The van der Waals surface area contributed by atoms with Crippen molar-refractivity contribution in [2.24, 2.45) is 7.05 Å². The Morgan fingerprint density at radius 1 is 1.14 bits per heavy atom. The van der Waals surface area contributed by atoms with Gasteiger partial charge in [0, 0.05) is 24.8 Å². The van der Waals surface area contributed by atoms with Crippen molar-refractivity contribution in [3.8, 4) is 5.75 Å². The zero-order valence-corrected chi connectivity index (χ0v) is 17.2. The fourth-order valence-electron chi connectivity index (χ4n) is 3.02. The van der Waals surface area contributed by atoms with E-state index in [1.165, 1.54) is 5.56 Å². The molecule has 2 heterocycles.